The van der Waals surface area contributed by atoms with Gasteiger partial charge >= 0.3 is 6.03 Å². The first-order chi connectivity index (χ1) is 9.03. The third-order valence-electron chi connectivity index (χ3n) is 4.38. The van der Waals surface area contributed by atoms with Crippen molar-refractivity contribution in [2.45, 2.75) is 64.8 Å². The molecule has 0 bridgehead atoms. The fourth-order valence-electron chi connectivity index (χ4n) is 2.89. The van der Waals surface area contributed by atoms with Crippen LogP contribution in [0.15, 0.2) is 0 Å². The number of rotatable bonds is 5. The topological polar surface area (TPSA) is 66.5 Å². The molecule has 0 aromatic heterocycles. The van der Waals surface area contributed by atoms with E-state index in [4.69, 9.17) is 0 Å². The number of amides is 4. The molecule has 5 nitrogen and oxygen atoms in total. The van der Waals surface area contributed by atoms with Crippen molar-refractivity contribution in [3.8, 4) is 0 Å². The molecule has 1 N–H and O–H groups in total. The molecule has 0 aromatic rings. The molecular weight excluding hydrogens is 244 g/mol. The van der Waals surface area contributed by atoms with E-state index in [1.807, 2.05) is 6.92 Å². The predicted molar refractivity (Wildman–Crippen MR) is 70.3 cm³/mol. The molecule has 5 heteroatoms. The van der Waals surface area contributed by atoms with Crippen molar-refractivity contribution in [1.29, 1.82) is 0 Å². The summed E-state index contributed by atoms with van der Waals surface area (Å²) in [5.41, 5.74) is -0.938. The van der Waals surface area contributed by atoms with Gasteiger partial charge < -0.3 is 0 Å². The van der Waals surface area contributed by atoms with E-state index in [-0.39, 0.29) is 11.9 Å². The van der Waals surface area contributed by atoms with Crippen molar-refractivity contribution in [2.24, 2.45) is 5.41 Å². The van der Waals surface area contributed by atoms with E-state index in [2.05, 4.69) is 12.2 Å². The van der Waals surface area contributed by atoms with Gasteiger partial charge in [-0.25, -0.2) is 4.79 Å². The van der Waals surface area contributed by atoms with Gasteiger partial charge in [0.2, 0.25) is 11.8 Å². The Bertz CT molecular complexity index is 401. The number of hydrogen-bond acceptors (Lipinski definition) is 3. The van der Waals surface area contributed by atoms with Gasteiger partial charge in [0, 0.05) is 6.04 Å². The lowest BCUT2D eigenvalue weighted by Crippen LogP contribution is -2.67. The third-order valence-corrected chi connectivity index (χ3v) is 4.38. The summed E-state index contributed by atoms with van der Waals surface area (Å²) in [6.07, 6.45) is 6.03. The van der Waals surface area contributed by atoms with Gasteiger partial charge in [-0.3, -0.25) is 19.8 Å². The van der Waals surface area contributed by atoms with Gasteiger partial charge in [0.05, 0.1) is 0 Å². The fraction of sp³-hybridized carbons (Fsp3) is 0.786. The number of imide groups is 2. The molecule has 2 fully saturated rings. The van der Waals surface area contributed by atoms with Crippen molar-refractivity contribution >= 4 is 17.8 Å². The zero-order valence-electron chi connectivity index (χ0n) is 11.7. The highest BCUT2D eigenvalue weighted by atomic mass is 16.2. The molecule has 1 heterocycles. The van der Waals surface area contributed by atoms with Gasteiger partial charge in [-0.2, -0.15) is 0 Å². The Morgan fingerprint density at radius 3 is 2.47 bits per heavy atom. The lowest BCUT2D eigenvalue weighted by molar-refractivity contribution is -0.159. The first-order valence-corrected chi connectivity index (χ1v) is 7.22. The van der Waals surface area contributed by atoms with E-state index < -0.39 is 17.4 Å². The molecule has 1 unspecified atom stereocenters. The van der Waals surface area contributed by atoms with E-state index in [1.165, 1.54) is 4.90 Å². The summed E-state index contributed by atoms with van der Waals surface area (Å²) in [7, 11) is 0. The van der Waals surface area contributed by atoms with Crippen molar-refractivity contribution < 1.29 is 14.4 Å². The maximum Gasteiger partial charge on any atom is 0.331 e. The minimum atomic E-state index is -0.938. The Morgan fingerprint density at radius 1 is 1.26 bits per heavy atom. The van der Waals surface area contributed by atoms with Crippen LogP contribution in [0.2, 0.25) is 0 Å². The average Bonchev–Trinajstić information content (AvgIpc) is 2.26. The second-order valence-electron chi connectivity index (χ2n) is 5.71. The van der Waals surface area contributed by atoms with Crippen LogP contribution in [-0.4, -0.2) is 28.8 Å². The first kappa shape index (κ1) is 14.0. The Hall–Kier alpha value is -1.39. The van der Waals surface area contributed by atoms with E-state index in [9.17, 15) is 14.4 Å². The molecule has 1 saturated carbocycles. The molecule has 0 radical (unpaired) electrons. The number of nitrogens with zero attached hydrogens (tertiary/aromatic N) is 1. The summed E-state index contributed by atoms with van der Waals surface area (Å²) in [6.45, 7) is 4.00. The standard InChI is InChI=1S/C14H22N2O3/c1-3-4-5-7-10(2)16-12(18)14(8-6-9-14)11(17)15-13(16)19/h10H,3-9H2,1-2H3,(H,15,17,19). The van der Waals surface area contributed by atoms with Crippen molar-refractivity contribution in [3.05, 3.63) is 0 Å². The molecular formula is C14H22N2O3. The first-order valence-electron chi connectivity index (χ1n) is 7.22. The molecule has 0 aromatic carbocycles. The molecule has 1 spiro atoms. The summed E-state index contributed by atoms with van der Waals surface area (Å²) in [4.78, 5) is 37.5. The normalized spacial score (nSPS) is 23.3. The van der Waals surface area contributed by atoms with Crippen molar-refractivity contribution in [1.82, 2.24) is 10.2 Å². The van der Waals surface area contributed by atoms with Crippen LogP contribution >= 0.6 is 0 Å². The number of nitrogens with one attached hydrogen (secondary N) is 1. The van der Waals surface area contributed by atoms with E-state index in [0.29, 0.717) is 12.8 Å². The van der Waals surface area contributed by atoms with Crippen LogP contribution in [0.3, 0.4) is 0 Å². The van der Waals surface area contributed by atoms with Crippen LogP contribution in [-0.2, 0) is 9.59 Å². The van der Waals surface area contributed by atoms with Crippen molar-refractivity contribution in [3.63, 3.8) is 0 Å². The molecule has 19 heavy (non-hydrogen) atoms. The molecule has 106 valence electrons. The summed E-state index contributed by atoms with van der Waals surface area (Å²) in [5.74, 6) is -0.678. The average molecular weight is 266 g/mol. The number of hydrogen-bond donors (Lipinski definition) is 1. The summed E-state index contributed by atoms with van der Waals surface area (Å²) in [5, 5.41) is 2.35. The van der Waals surface area contributed by atoms with E-state index in [1.54, 1.807) is 0 Å². The predicted octanol–water partition coefficient (Wildman–Crippen LogP) is 2.20. The molecule has 2 rings (SSSR count). The zero-order valence-corrected chi connectivity index (χ0v) is 11.7. The maximum atomic E-state index is 12.5. The second kappa shape index (κ2) is 5.31. The van der Waals surface area contributed by atoms with Gasteiger partial charge in [-0.05, 0) is 26.2 Å². The largest absolute Gasteiger partial charge is 0.331 e. The van der Waals surface area contributed by atoms with E-state index >= 15 is 0 Å². The highest BCUT2D eigenvalue weighted by molar-refractivity contribution is 6.19. The Kier molecular flexibility index (Phi) is 3.92. The van der Waals surface area contributed by atoms with Crippen LogP contribution in [0.5, 0.6) is 0 Å². The van der Waals surface area contributed by atoms with Gasteiger partial charge in [0.1, 0.15) is 5.41 Å². The number of unbranched alkanes of at least 4 members (excludes halogenated alkanes) is 2. The number of barbiturate groups is 1. The van der Waals surface area contributed by atoms with Gasteiger partial charge in [0.25, 0.3) is 0 Å². The van der Waals surface area contributed by atoms with Crippen LogP contribution in [0, 0.1) is 5.41 Å². The van der Waals surface area contributed by atoms with Crippen LogP contribution in [0.4, 0.5) is 4.79 Å². The minimum Gasteiger partial charge on any atom is -0.277 e. The van der Waals surface area contributed by atoms with Gasteiger partial charge in [-0.1, -0.05) is 32.6 Å². The maximum absolute atomic E-state index is 12.5. The molecule has 1 saturated heterocycles. The SMILES string of the molecule is CCCCCC(C)N1C(=O)NC(=O)C2(CCC2)C1=O. The minimum absolute atomic E-state index is 0.135. The van der Waals surface area contributed by atoms with Crippen LogP contribution in [0.1, 0.15) is 58.8 Å². The lowest BCUT2D eigenvalue weighted by Gasteiger charge is -2.46. The fourth-order valence-corrected chi connectivity index (χ4v) is 2.89. The summed E-state index contributed by atoms with van der Waals surface area (Å²) in [6, 6.07) is -0.679. The van der Waals surface area contributed by atoms with Gasteiger partial charge in [0.15, 0.2) is 0 Å². The molecule has 4 amide bonds. The quantitative estimate of drug-likeness (QED) is 0.613. The van der Waals surface area contributed by atoms with E-state index in [0.717, 1.165) is 32.1 Å². The van der Waals surface area contributed by atoms with Crippen LogP contribution < -0.4 is 5.32 Å². The second-order valence-corrected chi connectivity index (χ2v) is 5.71. The third kappa shape index (κ3) is 2.26. The monoisotopic (exact) mass is 266 g/mol. The van der Waals surface area contributed by atoms with Crippen LogP contribution in [0.25, 0.3) is 0 Å². The number of carbonyl (C=O) groups excluding carboxylic acids is 3. The highest BCUT2D eigenvalue weighted by Gasteiger charge is 2.57. The molecule has 1 atom stereocenters. The smallest absolute Gasteiger partial charge is 0.277 e. The number of carbonyl (C=O) groups is 3. The Morgan fingerprint density at radius 2 is 1.95 bits per heavy atom. The zero-order chi connectivity index (χ0) is 14.0. The lowest BCUT2D eigenvalue weighted by atomic mass is 9.66. The molecule has 1 aliphatic heterocycles. The van der Waals surface area contributed by atoms with Crippen molar-refractivity contribution in [2.75, 3.05) is 0 Å². The molecule has 1 aliphatic carbocycles. The summed E-state index contributed by atoms with van der Waals surface area (Å²) < 4.78 is 0. The molecule has 2 aliphatic rings. The Balaban J connectivity index is 2.08. The highest BCUT2D eigenvalue weighted by Crippen LogP contribution is 2.44. The van der Waals surface area contributed by atoms with Gasteiger partial charge in [-0.15, -0.1) is 0 Å². The number of urea groups is 1. The Labute approximate surface area is 113 Å². The summed E-state index contributed by atoms with van der Waals surface area (Å²) >= 11 is 0.